The lowest BCUT2D eigenvalue weighted by Crippen LogP contribution is -2.51. The Balaban J connectivity index is 0.000000166. The number of benzene rings is 10. The first-order valence-corrected chi connectivity index (χ1v) is 46.9. The number of morpholine rings is 2. The maximum absolute atomic E-state index is 14.4. The summed E-state index contributed by atoms with van der Waals surface area (Å²) in [5.74, 6) is 2.28. The van der Waals surface area contributed by atoms with Crippen molar-refractivity contribution in [1.82, 2.24) is 85.2 Å². The fraction of sp³-hybridized carbons (Fsp3) is 0.346. The molecule has 9 N–H and O–H groups in total. The number of urea groups is 1. The van der Waals surface area contributed by atoms with E-state index < -0.39 is 36.4 Å². The van der Waals surface area contributed by atoms with Crippen molar-refractivity contribution in [1.29, 1.82) is 0 Å². The zero-order valence-electron chi connectivity index (χ0n) is 76.4. The second-order valence-corrected chi connectivity index (χ2v) is 36.4. The van der Waals surface area contributed by atoms with Crippen molar-refractivity contribution < 1.29 is 57.3 Å². The zero-order valence-corrected chi connectivity index (χ0v) is 77.1. The first kappa shape index (κ1) is 91.4. The van der Waals surface area contributed by atoms with Gasteiger partial charge in [0.05, 0.1) is 111 Å². The van der Waals surface area contributed by atoms with E-state index in [4.69, 9.17) is 56.2 Å². The van der Waals surface area contributed by atoms with Crippen molar-refractivity contribution in [3.63, 3.8) is 0 Å². The molecule has 20 rings (SSSR count). The number of hydrogen-bond acceptors (Lipinski definition) is 17. The second-order valence-electron chi connectivity index (χ2n) is 36.1. The molecule has 31 heteroatoms. The van der Waals surface area contributed by atoms with E-state index in [2.05, 4.69) is 163 Å². The molecule has 10 aromatic carbocycles. The molecule has 6 aliphatic rings. The molecule has 6 aliphatic heterocycles. The molecule has 0 aliphatic carbocycles. The van der Waals surface area contributed by atoms with Crippen LogP contribution in [0.2, 0.25) is 0 Å². The number of rotatable bonds is 19. The summed E-state index contributed by atoms with van der Waals surface area (Å²) in [5, 5.41) is 16.7. The monoisotopic (exact) mass is 1840 g/mol. The number of alkyl carbamates (subject to hydrolysis) is 2. The summed E-state index contributed by atoms with van der Waals surface area (Å²) in [6, 6.07) is 62.0. The van der Waals surface area contributed by atoms with Crippen LogP contribution < -0.4 is 21.7 Å². The van der Waals surface area contributed by atoms with E-state index in [1.54, 1.807) is 9.80 Å². The van der Waals surface area contributed by atoms with Gasteiger partial charge in [0.25, 0.3) is 0 Å². The molecule has 6 fully saturated rings. The van der Waals surface area contributed by atoms with Crippen LogP contribution in [0.3, 0.4) is 0 Å². The smallest absolute Gasteiger partial charge is 0.407 e. The lowest BCUT2D eigenvalue weighted by Gasteiger charge is -2.32. The van der Waals surface area contributed by atoms with Crippen molar-refractivity contribution in [3.8, 4) is 44.8 Å². The molecule has 4 aromatic heterocycles. The molecular formula is C104H111ClN18O12. The van der Waals surface area contributed by atoms with Crippen molar-refractivity contribution in [2.45, 2.75) is 127 Å². The first-order chi connectivity index (χ1) is 65.6. The summed E-state index contributed by atoms with van der Waals surface area (Å²) in [7, 11) is 2.60. The Morgan fingerprint density at radius 1 is 0.400 bits per heavy atom. The van der Waals surface area contributed by atoms with Gasteiger partial charge in [0.1, 0.15) is 47.5 Å². The SMILES string of the molecule is COC(=O)N[C@H](C(=O)N1CCC[C@H]1c1nc2c(ccc3cc(-c4ccc5cc(-c6cnc([C@@H]7CCCN7C(=O)[C@H](N)c7ccccc7)[nH]6)ccc5c4)ccc32)[nH]1)C(C)C.COC(=O)N[C@H](C(=O)N1CCC[C@H]1c1nc2c(ccc3cc(-c4ccc5cc(-c6cnc([C@@H]7CCCN7C(=O)[C@H](NC(=O)N7CCOCC7)c7ccccc7)[nH]6)ccc5c4)ccc32)[nH]1)C(C)C.O=C(Cl)N1CCOCC1. The van der Waals surface area contributed by atoms with Gasteiger partial charge in [-0.05, 0) is 189 Å². The molecule has 135 heavy (non-hydrogen) atoms. The topological polar surface area (TPSA) is 370 Å². The molecule has 14 aromatic rings. The molecule has 8 atom stereocenters. The Hall–Kier alpha value is -14.1. The molecule has 6 saturated heterocycles. The van der Waals surface area contributed by atoms with Gasteiger partial charge in [0, 0.05) is 74.3 Å². The van der Waals surface area contributed by atoms with Crippen LogP contribution in [-0.2, 0) is 38.1 Å². The largest absolute Gasteiger partial charge is 0.453 e. The van der Waals surface area contributed by atoms with Gasteiger partial charge in [-0.25, -0.2) is 34.3 Å². The van der Waals surface area contributed by atoms with E-state index >= 15 is 0 Å². The van der Waals surface area contributed by atoms with Crippen LogP contribution in [0.15, 0.2) is 207 Å². The Morgan fingerprint density at radius 3 is 1.16 bits per heavy atom. The van der Waals surface area contributed by atoms with Crippen molar-refractivity contribution in [3.05, 3.63) is 241 Å². The lowest BCUT2D eigenvalue weighted by molar-refractivity contribution is -0.136. The highest BCUT2D eigenvalue weighted by Gasteiger charge is 2.43. The van der Waals surface area contributed by atoms with Gasteiger partial charge in [-0.3, -0.25) is 24.0 Å². The van der Waals surface area contributed by atoms with Crippen LogP contribution in [0, 0.1) is 11.8 Å². The van der Waals surface area contributed by atoms with Gasteiger partial charge in [-0.2, -0.15) is 0 Å². The van der Waals surface area contributed by atoms with Gasteiger partial charge >= 0.3 is 23.6 Å². The number of aromatic amines is 4. The standard InChI is InChI=1S/C52H55N9O6.C47H48N8O4.C5H8ClNO2/c1-31(2)44(58-52(65)66-3)49(62)61-22-8-12-43(61)48-54-40-20-18-37-28-36(17-19-39(37)46(40)56-48)33-13-14-35-29-38(16-15-34(35)27-33)41-30-53-47(55-41)42-11-7-21-60(42)50(63)45(32-9-5-4-6-10-32)57-51(64)59-23-25-67-26-24-59;1-27(2)41(53-47(58)59-3)46(57)55-22-8-12-39(55)44-50-36-20-18-33-24-32(17-19-35(33)42(36)52-44)29-13-14-31-25-34(16-15-30(31)23-29)37-26-49-43(51-37)38-11-7-21-54(38)45(56)40(48)28-9-5-4-6-10-28;6-5(8)7-1-3-9-4-2-7/h4-6,9-10,13-20,27-31,42-45H,7-8,11-12,21-26H2,1-3H3,(H,53,55)(H,54,56)(H,57,64)(H,58,65);4-6,9-10,13-20,23-27,38-41H,7-8,11-12,21-22,48H2,1-3H3,(H,49,51)(H,50,52)(H,53,58);1-4H2/t42-,43-,44-,45+;38-,39-,40+,41-;/m00./s1. The van der Waals surface area contributed by atoms with E-state index in [1.165, 1.54) is 14.2 Å². The van der Waals surface area contributed by atoms with Gasteiger partial charge in [-0.15, -0.1) is 0 Å². The number of halogens is 1. The number of nitrogens with zero attached hydrogens (tertiary/aromatic N) is 10. The number of aromatic nitrogens is 8. The molecule has 0 saturated carbocycles. The molecule has 696 valence electrons. The summed E-state index contributed by atoms with van der Waals surface area (Å²) in [6.45, 7) is 14.5. The summed E-state index contributed by atoms with van der Waals surface area (Å²) < 4.78 is 20.0. The van der Waals surface area contributed by atoms with Crippen molar-refractivity contribution >= 4 is 124 Å². The molecule has 10 heterocycles. The van der Waals surface area contributed by atoms with Crippen LogP contribution in [0.5, 0.6) is 0 Å². The van der Waals surface area contributed by atoms with Crippen LogP contribution in [0.4, 0.5) is 19.2 Å². The minimum absolute atomic E-state index is 0.0815. The Morgan fingerprint density at radius 2 is 0.756 bits per heavy atom. The first-order valence-electron chi connectivity index (χ1n) is 46.6. The number of likely N-dealkylation sites (tertiary alicyclic amines) is 4. The van der Waals surface area contributed by atoms with E-state index in [9.17, 15) is 38.4 Å². The average Bonchev–Trinajstić information content (AvgIpc) is 1.64. The van der Waals surface area contributed by atoms with Crippen LogP contribution >= 0.6 is 11.6 Å². The number of methoxy groups -OCH3 is 2. The number of nitrogens with one attached hydrogen (secondary N) is 7. The third kappa shape index (κ3) is 19.6. The molecule has 0 radical (unpaired) electrons. The summed E-state index contributed by atoms with van der Waals surface area (Å²) in [4.78, 5) is 148. The normalized spacial score (nSPS) is 18.3. The molecule has 0 spiro atoms. The second kappa shape index (κ2) is 40.4. The number of fused-ring (bicyclic) bond motifs is 8. The highest BCUT2D eigenvalue weighted by Crippen LogP contribution is 2.42. The number of carbonyl (C=O) groups is 8. The van der Waals surface area contributed by atoms with Crippen molar-refractivity contribution in [2.75, 3.05) is 93.0 Å². The molecule has 9 amide bonds. The van der Waals surface area contributed by atoms with Crippen molar-refractivity contribution in [2.24, 2.45) is 17.6 Å². The van der Waals surface area contributed by atoms with E-state index in [-0.39, 0.29) is 71.0 Å². The van der Waals surface area contributed by atoms with Gasteiger partial charge < -0.3 is 90.0 Å². The number of imidazole rings is 4. The zero-order chi connectivity index (χ0) is 93.7. The van der Waals surface area contributed by atoms with E-state index in [0.29, 0.717) is 78.8 Å². The van der Waals surface area contributed by atoms with Crippen LogP contribution in [0.1, 0.15) is 150 Å². The third-order valence-corrected chi connectivity index (χ3v) is 27.2. The van der Waals surface area contributed by atoms with Gasteiger partial charge in [0.2, 0.25) is 23.6 Å². The van der Waals surface area contributed by atoms with Gasteiger partial charge in [0.15, 0.2) is 0 Å². The molecule has 0 bridgehead atoms. The summed E-state index contributed by atoms with van der Waals surface area (Å²) >= 11 is 5.19. The fourth-order valence-corrected chi connectivity index (χ4v) is 19.8. The Kier molecular flexibility index (Phi) is 27.4. The maximum Gasteiger partial charge on any atom is 0.407 e. The lowest BCUT2D eigenvalue weighted by atomic mass is 9.97. The molecule has 0 unspecified atom stereocenters. The highest BCUT2D eigenvalue weighted by atomic mass is 35.5. The number of carbonyl (C=O) groups excluding carboxylic acids is 8. The minimum atomic E-state index is -0.830. The fourth-order valence-electron chi connectivity index (χ4n) is 19.6. The van der Waals surface area contributed by atoms with Gasteiger partial charge in [-0.1, -0.05) is 173 Å². The summed E-state index contributed by atoms with van der Waals surface area (Å²) in [6.07, 6.45) is 9.05. The molecular weight excluding hydrogens is 1730 g/mol. The highest BCUT2D eigenvalue weighted by molar-refractivity contribution is 6.62. The third-order valence-electron chi connectivity index (χ3n) is 27.0. The quantitative estimate of drug-likeness (QED) is 0.0275. The number of nitrogens with two attached hydrogens (primary N) is 1. The number of hydrogen-bond donors (Lipinski definition) is 8. The van der Waals surface area contributed by atoms with Crippen LogP contribution in [0.25, 0.3) is 110 Å². The Labute approximate surface area is 785 Å². The van der Waals surface area contributed by atoms with Crippen LogP contribution in [-0.4, -0.2) is 222 Å². The Bertz CT molecular complexity index is 6750. The maximum atomic E-state index is 14.4. The minimum Gasteiger partial charge on any atom is -0.453 e. The predicted octanol–water partition coefficient (Wildman–Crippen LogP) is 17.4. The number of H-pyrrole nitrogens is 4. The predicted molar refractivity (Wildman–Crippen MR) is 518 cm³/mol. The average molecular weight is 1840 g/mol. The van der Waals surface area contributed by atoms with E-state index in [1.807, 2.05) is 126 Å². The molecule has 30 nitrogen and oxygen atoms in total. The van der Waals surface area contributed by atoms with E-state index in [0.717, 1.165) is 196 Å². The number of ether oxygens (including phenoxy) is 4. The number of amides is 9. The summed E-state index contributed by atoms with van der Waals surface area (Å²) in [5.41, 5.74) is 19.7.